The Bertz CT molecular complexity index is 609. The molecule has 4 heteroatoms. The third-order valence-corrected chi connectivity index (χ3v) is 4.09. The Morgan fingerprint density at radius 2 is 1.85 bits per heavy atom. The van der Waals surface area contributed by atoms with E-state index in [1.807, 2.05) is 26.2 Å². The lowest BCUT2D eigenvalue weighted by Crippen LogP contribution is -2.09. The molecule has 0 aliphatic rings. The van der Waals surface area contributed by atoms with E-state index < -0.39 is 0 Å². The summed E-state index contributed by atoms with van der Waals surface area (Å²) in [7, 11) is 4.07. The fourth-order valence-corrected chi connectivity index (χ4v) is 2.39. The average molecular weight is 309 g/mol. The Kier molecular flexibility index (Phi) is 4.79. The van der Waals surface area contributed by atoms with Crippen LogP contribution in [0.3, 0.4) is 0 Å². The molecule has 0 fully saturated rings. The lowest BCUT2D eigenvalue weighted by Gasteiger charge is -2.16. The van der Waals surface area contributed by atoms with Crippen LogP contribution in [0.25, 0.3) is 0 Å². The summed E-state index contributed by atoms with van der Waals surface area (Å²) in [5.41, 5.74) is 4.49. The second-order valence-electron chi connectivity index (χ2n) is 4.96. The summed E-state index contributed by atoms with van der Waals surface area (Å²) in [5, 5.41) is 4.61. The van der Waals surface area contributed by atoms with Crippen LogP contribution in [0.1, 0.15) is 11.1 Å². The molecule has 106 valence electrons. The molecule has 0 unspecified atom stereocenters. The second-order valence-corrected chi connectivity index (χ2v) is 5.75. The molecule has 0 spiro atoms. The number of hydrogen-bond donors (Lipinski definition) is 1. The lowest BCUT2D eigenvalue weighted by molar-refractivity contribution is 1.11. The molecule has 2 aromatic rings. The van der Waals surface area contributed by atoms with E-state index in [0.29, 0.717) is 16.6 Å². The van der Waals surface area contributed by atoms with Crippen molar-refractivity contribution in [2.75, 3.05) is 24.3 Å². The van der Waals surface area contributed by atoms with Gasteiger partial charge < -0.3 is 10.2 Å². The molecule has 0 saturated carbocycles. The molecule has 0 atom stereocenters. The maximum Gasteiger partial charge on any atom is 0.0642 e. The molecule has 0 radical (unpaired) electrons. The summed E-state index contributed by atoms with van der Waals surface area (Å²) in [6, 6.07) is 12.0. The van der Waals surface area contributed by atoms with E-state index in [0.717, 1.165) is 11.3 Å². The highest BCUT2D eigenvalue weighted by molar-refractivity contribution is 6.42. The molecule has 20 heavy (non-hydrogen) atoms. The predicted molar refractivity (Wildman–Crippen MR) is 89.3 cm³/mol. The van der Waals surface area contributed by atoms with Crippen LogP contribution >= 0.6 is 23.2 Å². The molecule has 2 rings (SSSR count). The number of anilines is 2. The van der Waals surface area contributed by atoms with Crippen molar-refractivity contribution in [1.82, 2.24) is 0 Å². The summed E-state index contributed by atoms with van der Waals surface area (Å²) in [6.45, 7) is 2.75. The predicted octanol–water partition coefficient (Wildman–Crippen LogP) is 4.98. The highest BCUT2D eigenvalue weighted by Crippen LogP contribution is 2.27. The highest BCUT2D eigenvalue weighted by Gasteiger charge is 2.05. The van der Waals surface area contributed by atoms with Gasteiger partial charge in [-0.15, -0.1) is 0 Å². The topological polar surface area (TPSA) is 15.3 Å². The van der Waals surface area contributed by atoms with E-state index in [4.69, 9.17) is 23.2 Å². The van der Waals surface area contributed by atoms with Crippen LogP contribution in [0, 0.1) is 6.92 Å². The monoisotopic (exact) mass is 308 g/mol. The first-order chi connectivity index (χ1) is 9.49. The summed E-state index contributed by atoms with van der Waals surface area (Å²) in [4.78, 5) is 2.09. The fourth-order valence-electron chi connectivity index (χ4n) is 2.00. The number of hydrogen-bond acceptors (Lipinski definition) is 2. The Morgan fingerprint density at radius 3 is 2.50 bits per heavy atom. The molecule has 1 N–H and O–H groups in total. The van der Waals surface area contributed by atoms with Crippen molar-refractivity contribution in [2.45, 2.75) is 13.5 Å². The first kappa shape index (κ1) is 15.0. The minimum atomic E-state index is 0.589. The van der Waals surface area contributed by atoms with Crippen molar-refractivity contribution < 1.29 is 0 Å². The molecule has 0 bridgehead atoms. The molecule has 2 nitrogen and oxygen atoms in total. The number of rotatable bonds is 4. The highest BCUT2D eigenvalue weighted by atomic mass is 35.5. The SMILES string of the molecule is Cc1cc(N(C)C)ccc1NCc1cccc(Cl)c1Cl. The van der Waals surface area contributed by atoms with E-state index in [1.54, 1.807) is 6.07 Å². The summed E-state index contributed by atoms with van der Waals surface area (Å²) in [6.07, 6.45) is 0. The van der Waals surface area contributed by atoms with Gasteiger partial charge in [-0.05, 0) is 42.3 Å². The smallest absolute Gasteiger partial charge is 0.0642 e. The molecule has 0 aliphatic heterocycles. The van der Waals surface area contributed by atoms with Gasteiger partial charge >= 0.3 is 0 Å². The van der Waals surface area contributed by atoms with Gasteiger partial charge in [-0.1, -0.05) is 35.3 Å². The van der Waals surface area contributed by atoms with Crippen molar-refractivity contribution in [3.8, 4) is 0 Å². The number of halogens is 2. The van der Waals surface area contributed by atoms with E-state index in [9.17, 15) is 0 Å². The van der Waals surface area contributed by atoms with E-state index in [2.05, 4.69) is 35.3 Å². The minimum Gasteiger partial charge on any atom is -0.381 e. The molecular formula is C16H18Cl2N2. The first-order valence-corrected chi connectivity index (χ1v) is 7.19. The van der Waals surface area contributed by atoms with Crippen molar-refractivity contribution in [2.24, 2.45) is 0 Å². The molecule has 0 aromatic heterocycles. The molecule has 0 heterocycles. The van der Waals surface area contributed by atoms with Crippen LogP contribution in [-0.4, -0.2) is 14.1 Å². The number of nitrogens with one attached hydrogen (secondary N) is 1. The molecule has 0 amide bonds. The fraction of sp³-hybridized carbons (Fsp3) is 0.250. The lowest BCUT2D eigenvalue weighted by atomic mass is 10.1. The second kappa shape index (κ2) is 6.38. The maximum atomic E-state index is 6.19. The largest absolute Gasteiger partial charge is 0.381 e. The van der Waals surface area contributed by atoms with Gasteiger partial charge in [0.25, 0.3) is 0 Å². The average Bonchev–Trinajstić information content (AvgIpc) is 2.41. The van der Waals surface area contributed by atoms with E-state index in [-0.39, 0.29) is 0 Å². The van der Waals surface area contributed by atoms with Crippen LogP contribution in [0.2, 0.25) is 10.0 Å². The standard InChI is InChI=1S/C16H18Cl2N2/c1-11-9-13(20(2)3)7-8-15(11)19-10-12-5-4-6-14(17)16(12)18/h4-9,19H,10H2,1-3H3. The Hall–Kier alpha value is -1.38. The van der Waals surface area contributed by atoms with Gasteiger partial charge in [0.05, 0.1) is 10.0 Å². The Labute approximate surface area is 130 Å². The zero-order chi connectivity index (χ0) is 14.7. The van der Waals surface area contributed by atoms with Gasteiger partial charge in [-0.25, -0.2) is 0 Å². The van der Waals surface area contributed by atoms with Gasteiger partial charge in [0, 0.05) is 32.0 Å². The van der Waals surface area contributed by atoms with Crippen molar-refractivity contribution in [1.29, 1.82) is 0 Å². The van der Waals surface area contributed by atoms with E-state index >= 15 is 0 Å². The van der Waals surface area contributed by atoms with Crippen molar-refractivity contribution >= 4 is 34.6 Å². The van der Waals surface area contributed by atoms with E-state index in [1.165, 1.54) is 11.3 Å². The molecular weight excluding hydrogens is 291 g/mol. The van der Waals surface area contributed by atoms with Crippen LogP contribution < -0.4 is 10.2 Å². The minimum absolute atomic E-state index is 0.589. The Balaban J connectivity index is 2.13. The zero-order valence-corrected chi connectivity index (χ0v) is 13.4. The normalized spacial score (nSPS) is 10.4. The molecule has 0 saturated heterocycles. The Morgan fingerprint density at radius 1 is 1.10 bits per heavy atom. The quantitative estimate of drug-likeness (QED) is 0.857. The number of nitrogens with zero attached hydrogens (tertiary/aromatic N) is 1. The van der Waals surface area contributed by atoms with Crippen LogP contribution in [0.4, 0.5) is 11.4 Å². The third kappa shape index (κ3) is 3.38. The zero-order valence-electron chi connectivity index (χ0n) is 11.9. The van der Waals surface area contributed by atoms with Gasteiger partial charge in [-0.3, -0.25) is 0 Å². The van der Waals surface area contributed by atoms with Crippen molar-refractivity contribution in [3.05, 3.63) is 57.6 Å². The van der Waals surface area contributed by atoms with Crippen LogP contribution in [0.5, 0.6) is 0 Å². The molecule has 0 aliphatic carbocycles. The van der Waals surface area contributed by atoms with Gasteiger partial charge in [0.2, 0.25) is 0 Å². The van der Waals surface area contributed by atoms with Gasteiger partial charge in [-0.2, -0.15) is 0 Å². The number of aryl methyl sites for hydroxylation is 1. The van der Waals surface area contributed by atoms with Crippen LogP contribution in [0.15, 0.2) is 36.4 Å². The first-order valence-electron chi connectivity index (χ1n) is 6.44. The van der Waals surface area contributed by atoms with Gasteiger partial charge in [0.1, 0.15) is 0 Å². The van der Waals surface area contributed by atoms with Crippen molar-refractivity contribution in [3.63, 3.8) is 0 Å². The number of benzene rings is 2. The van der Waals surface area contributed by atoms with Gasteiger partial charge in [0.15, 0.2) is 0 Å². The van der Waals surface area contributed by atoms with Crippen LogP contribution in [-0.2, 0) is 6.54 Å². The maximum absolute atomic E-state index is 6.19. The molecule has 2 aromatic carbocycles. The summed E-state index contributed by atoms with van der Waals surface area (Å²) < 4.78 is 0. The summed E-state index contributed by atoms with van der Waals surface area (Å²) in [5.74, 6) is 0. The summed E-state index contributed by atoms with van der Waals surface area (Å²) >= 11 is 12.2. The third-order valence-electron chi connectivity index (χ3n) is 3.23.